The minimum atomic E-state index is -0.433. The van der Waals surface area contributed by atoms with Crippen LogP contribution in [0.2, 0.25) is 5.02 Å². The second-order valence-electron chi connectivity index (χ2n) is 3.84. The van der Waals surface area contributed by atoms with Crippen LogP contribution in [-0.2, 0) is 0 Å². The zero-order valence-corrected chi connectivity index (χ0v) is 10.7. The number of rotatable bonds is 1. The summed E-state index contributed by atoms with van der Waals surface area (Å²) in [6.07, 6.45) is 0. The van der Waals surface area contributed by atoms with Crippen molar-refractivity contribution in [2.45, 2.75) is 0 Å². The lowest BCUT2D eigenvalue weighted by Crippen LogP contribution is -1.90. The maximum absolute atomic E-state index is 13.4. The number of nitrogens with two attached hydrogens (primary N) is 1. The van der Waals surface area contributed by atoms with Crippen LogP contribution in [0.15, 0.2) is 36.4 Å². The molecule has 2 nitrogen and oxygen atoms in total. The standard InChI is InChI=1S/C13H8ClFN2S/c14-8-2-1-3-11-12(8)18-13(17-11)7-4-5-10(16)9(15)6-7/h1-6H,16H2. The molecule has 0 unspecified atom stereocenters. The highest BCUT2D eigenvalue weighted by Gasteiger charge is 2.10. The van der Waals surface area contributed by atoms with E-state index in [1.54, 1.807) is 12.1 Å². The van der Waals surface area contributed by atoms with Crippen LogP contribution < -0.4 is 5.73 Å². The molecule has 0 saturated carbocycles. The molecule has 3 aromatic rings. The first-order valence-corrected chi connectivity index (χ1v) is 6.45. The molecule has 0 atom stereocenters. The largest absolute Gasteiger partial charge is 0.396 e. The van der Waals surface area contributed by atoms with Gasteiger partial charge in [-0.05, 0) is 30.3 Å². The highest BCUT2D eigenvalue weighted by atomic mass is 35.5. The molecule has 0 saturated heterocycles. The molecule has 0 bridgehead atoms. The lowest BCUT2D eigenvalue weighted by atomic mass is 10.2. The summed E-state index contributed by atoms with van der Waals surface area (Å²) in [6, 6.07) is 10.2. The van der Waals surface area contributed by atoms with E-state index in [9.17, 15) is 4.39 Å². The van der Waals surface area contributed by atoms with E-state index in [1.807, 2.05) is 18.2 Å². The summed E-state index contributed by atoms with van der Waals surface area (Å²) in [6.45, 7) is 0. The zero-order chi connectivity index (χ0) is 12.7. The zero-order valence-electron chi connectivity index (χ0n) is 9.15. The van der Waals surface area contributed by atoms with Gasteiger partial charge in [-0.1, -0.05) is 17.7 Å². The van der Waals surface area contributed by atoms with Gasteiger partial charge in [0.15, 0.2) is 0 Å². The van der Waals surface area contributed by atoms with E-state index in [2.05, 4.69) is 4.98 Å². The Bertz CT molecular complexity index is 739. The third-order valence-corrected chi connectivity index (χ3v) is 4.19. The quantitative estimate of drug-likeness (QED) is 0.673. The molecule has 1 heterocycles. The van der Waals surface area contributed by atoms with Gasteiger partial charge in [-0.15, -0.1) is 11.3 Å². The Morgan fingerprint density at radius 1 is 1.22 bits per heavy atom. The highest BCUT2D eigenvalue weighted by molar-refractivity contribution is 7.22. The predicted molar refractivity (Wildman–Crippen MR) is 74.4 cm³/mol. The van der Waals surface area contributed by atoms with Gasteiger partial charge in [0.1, 0.15) is 10.8 Å². The molecule has 5 heteroatoms. The molecule has 0 spiro atoms. The van der Waals surface area contributed by atoms with Gasteiger partial charge < -0.3 is 5.73 Å². The summed E-state index contributed by atoms with van der Waals surface area (Å²) in [5, 5.41) is 1.39. The van der Waals surface area contributed by atoms with Crippen molar-refractivity contribution in [3.05, 3.63) is 47.2 Å². The van der Waals surface area contributed by atoms with Crippen molar-refractivity contribution in [3.8, 4) is 10.6 Å². The van der Waals surface area contributed by atoms with Crippen LogP contribution in [0.4, 0.5) is 10.1 Å². The van der Waals surface area contributed by atoms with E-state index in [1.165, 1.54) is 17.4 Å². The smallest absolute Gasteiger partial charge is 0.146 e. The first-order valence-electron chi connectivity index (χ1n) is 5.25. The fourth-order valence-corrected chi connectivity index (χ4v) is 2.95. The number of benzene rings is 2. The van der Waals surface area contributed by atoms with E-state index in [4.69, 9.17) is 17.3 Å². The van der Waals surface area contributed by atoms with E-state index >= 15 is 0 Å². The van der Waals surface area contributed by atoms with E-state index in [0.29, 0.717) is 10.6 Å². The first-order chi connectivity index (χ1) is 8.65. The Labute approximate surface area is 112 Å². The third kappa shape index (κ3) is 1.83. The van der Waals surface area contributed by atoms with Gasteiger partial charge in [0, 0.05) is 5.56 Å². The second-order valence-corrected chi connectivity index (χ2v) is 5.25. The number of nitrogen functional groups attached to an aromatic ring is 1. The molecule has 18 heavy (non-hydrogen) atoms. The Kier molecular flexibility index (Phi) is 2.69. The lowest BCUT2D eigenvalue weighted by Gasteiger charge is -1.98. The summed E-state index contributed by atoms with van der Waals surface area (Å²) in [5.74, 6) is -0.433. The number of thiazole rings is 1. The van der Waals surface area contributed by atoms with Crippen molar-refractivity contribution in [1.29, 1.82) is 0 Å². The average Bonchev–Trinajstić information content (AvgIpc) is 2.78. The molecule has 0 aliphatic rings. The number of fused-ring (bicyclic) bond motifs is 1. The van der Waals surface area contributed by atoms with Crippen LogP contribution in [0.3, 0.4) is 0 Å². The SMILES string of the molecule is Nc1ccc(-c2nc3cccc(Cl)c3s2)cc1F. The topological polar surface area (TPSA) is 38.9 Å². The molecule has 0 fully saturated rings. The maximum atomic E-state index is 13.4. The summed E-state index contributed by atoms with van der Waals surface area (Å²) in [7, 11) is 0. The number of nitrogens with zero attached hydrogens (tertiary/aromatic N) is 1. The Hall–Kier alpha value is -1.65. The Balaban J connectivity index is 2.19. The van der Waals surface area contributed by atoms with E-state index < -0.39 is 5.82 Å². The van der Waals surface area contributed by atoms with Gasteiger partial charge in [0.05, 0.1) is 20.9 Å². The fraction of sp³-hybridized carbons (Fsp3) is 0. The van der Waals surface area contributed by atoms with Crippen LogP contribution in [0.1, 0.15) is 0 Å². The Morgan fingerprint density at radius 3 is 2.78 bits per heavy atom. The van der Waals surface area contributed by atoms with Crippen molar-refractivity contribution >= 4 is 38.8 Å². The summed E-state index contributed by atoms with van der Waals surface area (Å²) < 4.78 is 14.3. The van der Waals surface area contributed by atoms with E-state index in [-0.39, 0.29) is 5.69 Å². The van der Waals surface area contributed by atoms with E-state index in [0.717, 1.165) is 15.2 Å². The Morgan fingerprint density at radius 2 is 2.06 bits per heavy atom. The van der Waals surface area contributed by atoms with Crippen LogP contribution in [0.5, 0.6) is 0 Å². The minimum absolute atomic E-state index is 0.137. The third-order valence-electron chi connectivity index (χ3n) is 2.61. The van der Waals surface area contributed by atoms with Gasteiger partial charge in [0.2, 0.25) is 0 Å². The summed E-state index contributed by atoms with van der Waals surface area (Å²) in [4.78, 5) is 4.44. The monoisotopic (exact) mass is 278 g/mol. The summed E-state index contributed by atoms with van der Waals surface area (Å²) >= 11 is 7.53. The van der Waals surface area contributed by atoms with Gasteiger partial charge in [0.25, 0.3) is 0 Å². The number of hydrogen-bond donors (Lipinski definition) is 1. The van der Waals surface area contributed by atoms with Crippen molar-refractivity contribution in [2.75, 3.05) is 5.73 Å². The first kappa shape index (κ1) is 11.4. The average molecular weight is 279 g/mol. The molecule has 1 aromatic heterocycles. The van der Waals surface area contributed by atoms with Crippen molar-refractivity contribution in [2.24, 2.45) is 0 Å². The summed E-state index contributed by atoms with van der Waals surface area (Å²) in [5.41, 5.74) is 7.12. The normalized spacial score (nSPS) is 11.0. The number of hydrogen-bond acceptors (Lipinski definition) is 3. The van der Waals surface area contributed by atoms with Crippen molar-refractivity contribution in [3.63, 3.8) is 0 Å². The molecular weight excluding hydrogens is 271 g/mol. The lowest BCUT2D eigenvalue weighted by molar-refractivity contribution is 0.633. The molecule has 0 aliphatic heterocycles. The van der Waals surface area contributed by atoms with Crippen molar-refractivity contribution < 1.29 is 4.39 Å². The minimum Gasteiger partial charge on any atom is -0.396 e. The number of aromatic nitrogens is 1. The molecule has 3 rings (SSSR count). The second kappa shape index (κ2) is 4.23. The predicted octanol–water partition coefficient (Wildman–Crippen LogP) is 4.34. The van der Waals surface area contributed by atoms with Gasteiger partial charge in [-0.2, -0.15) is 0 Å². The van der Waals surface area contributed by atoms with Gasteiger partial charge >= 0.3 is 0 Å². The molecule has 0 amide bonds. The number of halogens is 2. The van der Waals surface area contributed by atoms with Gasteiger partial charge in [-0.25, -0.2) is 9.37 Å². The van der Waals surface area contributed by atoms with Crippen molar-refractivity contribution in [1.82, 2.24) is 4.98 Å². The molecule has 2 N–H and O–H groups in total. The highest BCUT2D eigenvalue weighted by Crippen LogP contribution is 2.34. The molecule has 0 radical (unpaired) electrons. The van der Waals surface area contributed by atoms with Gasteiger partial charge in [-0.3, -0.25) is 0 Å². The maximum Gasteiger partial charge on any atom is 0.146 e. The molecular formula is C13H8ClFN2S. The van der Waals surface area contributed by atoms with Crippen LogP contribution in [-0.4, -0.2) is 4.98 Å². The van der Waals surface area contributed by atoms with Crippen LogP contribution in [0, 0.1) is 5.82 Å². The van der Waals surface area contributed by atoms with Crippen LogP contribution >= 0.6 is 22.9 Å². The molecule has 2 aromatic carbocycles. The molecule has 0 aliphatic carbocycles. The fourth-order valence-electron chi connectivity index (χ4n) is 1.70. The number of anilines is 1. The molecule has 90 valence electrons. The van der Waals surface area contributed by atoms with Crippen LogP contribution in [0.25, 0.3) is 20.8 Å².